The van der Waals surface area contributed by atoms with Crippen molar-refractivity contribution in [1.29, 1.82) is 5.26 Å². The minimum Gasteiger partial charge on any atom is -0.490 e. The van der Waals surface area contributed by atoms with Crippen LogP contribution in [0.5, 0.6) is 5.75 Å². The second-order valence-electron chi connectivity index (χ2n) is 4.25. The molecule has 0 spiro atoms. The topological polar surface area (TPSA) is 70.4 Å². The maximum Gasteiger partial charge on any atom is 0.229 e. The molecule has 0 unspecified atom stereocenters. The minimum absolute atomic E-state index is 0.145. The van der Waals surface area contributed by atoms with Gasteiger partial charge in [-0.15, -0.1) is 0 Å². The van der Waals surface area contributed by atoms with Gasteiger partial charge in [-0.05, 0) is 18.6 Å². The van der Waals surface area contributed by atoms with E-state index >= 15 is 0 Å². The molecule has 0 aromatic heterocycles. The monoisotopic (exact) mass is 258 g/mol. The number of piperidine rings is 1. The highest BCUT2D eigenvalue weighted by molar-refractivity contribution is 5.97. The van der Waals surface area contributed by atoms with Crippen molar-refractivity contribution in [3.8, 4) is 11.8 Å². The van der Waals surface area contributed by atoms with Gasteiger partial charge < -0.3 is 4.74 Å². The standard InChI is InChI=1S/C14H14N2O3/c15-10-11-4-1-2-5-12(11)19-9-8-16-13(17)6-3-7-14(16)18/h1-2,4-5H,3,6-9H2. The number of benzene rings is 1. The molecule has 2 amide bonds. The van der Waals surface area contributed by atoms with Crippen LogP contribution in [0.15, 0.2) is 24.3 Å². The lowest BCUT2D eigenvalue weighted by Gasteiger charge is -2.24. The van der Waals surface area contributed by atoms with Crippen LogP contribution in [0.4, 0.5) is 0 Å². The Morgan fingerprint density at radius 2 is 1.89 bits per heavy atom. The van der Waals surface area contributed by atoms with E-state index < -0.39 is 0 Å². The summed E-state index contributed by atoms with van der Waals surface area (Å²) in [6.07, 6.45) is 1.47. The molecule has 0 bridgehead atoms. The van der Waals surface area contributed by atoms with Gasteiger partial charge >= 0.3 is 0 Å². The van der Waals surface area contributed by atoms with Crippen LogP contribution in [0.1, 0.15) is 24.8 Å². The molecule has 1 saturated heterocycles. The molecule has 0 saturated carbocycles. The van der Waals surface area contributed by atoms with E-state index in [1.165, 1.54) is 4.90 Å². The maximum absolute atomic E-state index is 11.6. The van der Waals surface area contributed by atoms with Crippen molar-refractivity contribution in [2.75, 3.05) is 13.2 Å². The van der Waals surface area contributed by atoms with E-state index in [1.807, 2.05) is 6.07 Å². The summed E-state index contributed by atoms with van der Waals surface area (Å²) in [7, 11) is 0. The van der Waals surface area contributed by atoms with E-state index in [0.717, 1.165) is 0 Å². The van der Waals surface area contributed by atoms with Crippen molar-refractivity contribution >= 4 is 11.8 Å². The number of nitrogens with zero attached hydrogens (tertiary/aromatic N) is 2. The molecule has 1 aliphatic rings. The number of rotatable bonds is 4. The number of carbonyl (C=O) groups is 2. The lowest BCUT2D eigenvalue weighted by molar-refractivity contribution is -0.148. The first kappa shape index (κ1) is 13.1. The third kappa shape index (κ3) is 3.10. The van der Waals surface area contributed by atoms with Crippen LogP contribution in [0.2, 0.25) is 0 Å². The molecule has 2 rings (SSSR count). The molecule has 5 heteroatoms. The highest BCUT2D eigenvalue weighted by Gasteiger charge is 2.25. The zero-order valence-corrected chi connectivity index (χ0v) is 10.5. The Labute approximate surface area is 111 Å². The highest BCUT2D eigenvalue weighted by Crippen LogP contribution is 2.17. The fourth-order valence-electron chi connectivity index (χ4n) is 1.98. The first-order chi connectivity index (χ1) is 9.22. The van der Waals surface area contributed by atoms with Crippen LogP contribution in [-0.2, 0) is 9.59 Å². The molecule has 1 aromatic rings. The molecule has 1 heterocycles. The summed E-state index contributed by atoms with van der Waals surface area (Å²) in [5.74, 6) is 0.184. The minimum atomic E-state index is -0.145. The van der Waals surface area contributed by atoms with Gasteiger partial charge in [0.05, 0.1) is 12.1 Å². The van der Waals surface area contributed by atoms with Gasteiger partial charge in [-0.25, -0.2) is 0 Å². The predicted octanol–water partition coefficient (Wildman–Crippen LogP) is 1.48. The molecule has 0 radical (unpaired) electrons. The smallest absolute Gasteiger partial charge is 0.229 e. The second kappa shape index (κ2) is 6.01. The van der Waals surface area contributed by atoms with Crippen LogP contribution in [0.25, 0.3) is 0 Å². The van der Waals surface area contributed by atoms with Crippen molar-refractivity contribution in [3.63, 3.8) is 0 Å². The summed E-state index contributed by atoms with van der Waals surface area (Å²) < 4.78 is 5.46. The first-order valence-corrected chi connectivity index (χ1v) is 6.17. The van der Waals surface area contributed by atoms with Gasteiger partial charge in [-0.1, -0.05) is 12.1 Å². The molecule has 1 aromatic carbocycles. The Kier molecular flexibility index (Phi) is 4.14. The van der Waals surface area contributed by atoms with Crippen molar-refractivity contribution in [2.45, 2.75) is 19.3 Å². The second-order valence-corrected chi connectivity index (χ2v) is 4.25. The van der Waals surface area contributed by atoms with Gasteiger partial charge in [0, 0.05) is 12.8 Å². The summed E-state index contributed by atoms with van der Waals surface area (Å²) in [5.41, 5.74) is 0.443. The van der Waals surface area contributed by atoms with Gasteiger partial charge in [0.2, 0.25) is 11.8 Å². The van der Waals surface area contributed by atoms with Gasteiger partial charge in [0.1, 0.15) is 18.4 Å². The Balaban J connectivity index is 1.91. The van der Waals surface area contributed by atoms with Crippen LogP contribution in [0, 0.1) is 11.3 Å². The van der Waals surface area contributed by atoms with Crippen molar-refractivity contribution in [1.82, 2.24) is 4.90 Å². The number of carbonyl (C=O) groups excluding carboxylic acids is 2. The zero-order valence-electron chi connectivity index (χ0n) is 10.5. The van der Waals surface area contributed by atoms with Gasteiger partial charge in [-0.3, -0.25) is 14.5 Å². The highest BCUT2D eigenvalue weighted by atomic mass is 16.5. The zero-order chi connectivity index (χ0) is 13.7. The fraction of sp³-hybridized carbons (Fsp3) is 0.357. The predicted molar refractivity (Wildman–Crippen MR) is 67.2 cm³/mol. The summed E-state index contributed by atoms with van der Waals surface area (Å²) in [6.45, 7) is 0.438. The molecule has 0 aliphatic carbocycles. The molecule has 0 atom stereocenters. The van der Waals surface area contributed by atoms with E-state index in [9.17, 15) is 9.59 Å². The molecule has 98 valence electrons. The Morgan fingerprint density at radius 3 is 2.58 bits per heavy atom. The average molecular weight is 258 g/mol. The Hall–Kier alpha value is -2.35. The van der Waals surface area contributed by atoms with E-state index in [0.29, 0.717) is 30.6 Å². The van der Waals surface area contributed by atoms with Crippen LogP contribution >= 0.6 is 0 Å². The van der Waals surface area contributed by atoms with E-state index in [1.54, 1.807) is 24.3 Å². The third-order valence-corrected chi connectivity index (χ3v) is 2.96. The third-order valence-electron chi connectivity index (χ3n) is 2.96. The average Bonchev–Trinajstić information content (AvgIpc) is 2.42. The molecule has 1 fully saturated rings. The lowest BCUT2D eigenvalue weighted by atomic mass is 10.1. The SMILES string of the molecule is N#Cc1ccccc1OCCN1C(=O)CCCC1=O. The quantitative estimate of drug-likeness (QED) is 0.767. The number of amides is 2. The Morgan fingerprint density at radius 1 is 1.21 bits per heavy atom. The summed E-state index contributed by atoms with van der Waals surface area (Å²) >= 11 is 0. The normalized spacial score (nSPS) is 15.2. The number of ether oxygens (including phenoxy) is 1. The lowest BCUT2D eigenvalue weighted by Crippen LogP contribution is -2.42. The van der Waals surface area contributed by atoms with Crippen molar-refractivity contribution in [3.05, 3.63) is 29.8 Å². The molecule has 0 N–H and O–H groups in total. The number of imide groups is 1. The number of hydrogen-bond acceptors (Lipinski definition) is 4. The van der Waals surface area contributed by atoms with Crippen molar-refractivity contribution < 1.29 is 14.3 Å². The van der Waals surface area contributed by atoms with Crippen LogP contribution < -0.4 is 4.74 Å². The number of likely N-dealkylation sites (tertiary alicyclic amines) is 1. The van der Waals surface area contributed by atoms with Crippen LogP contribution in [-0.4, -0.2) is 29.9 Å². The van der Waals surface area contributed by atoms with E-state index in [-0.39, 0.29) is 25.0 Å². The maximum atomic E-state index is 11.6. The van der Waals surface area contributed by atoms with Gasteiger partial charge in [-0.2, -0.15) is 5.26 Å². The summed E-state index contributed by atoms with van der Waals surface area (Å²) in [5, 5.41) is 8.90. The molecule has 19 heavy (non-hydrogen) atoms. The molecular weight excluding hydrogens is 244 g/mol. The van der Waals surface area contributed by atoms with Crippen molar-refractivity contribution in [2.24, 2.45) is 0 Å². The molecular formula is C14H14N2O3. The van der Waals surface area contributed by atoms with E-state index in [4.69, 9.17) is 10.00 Å². The summed E-state index contributed by atoms with van der Waals surface area (Å²) in [4.78, 5) is 24.4. The molecule has 5 nitrogen and oxygen atoms in total. The number of para-hydroxylation sites is 1. The fourth-order valence-corrected chi connectivity index (χ4v) is 1.98. The number of nitriles is 1. The van der Waals surface area contributed by atoms with Gasteiger partial charge in [0.15, 0.2) is 0 Å². The van der Waals surface area contributed by atoms with Gasteiger partial charge in [0.25, 0.3) is 0 Å². The summed E-state index contributed by atoms with van der Waals surface area (Å²) in [6, 6.07) is 8.91. The number of hydrogen-bond donors (Lipinski definition) is 0. The largest absolute Gasteiger partial charge is 0.490 e. The van der Waals surface area contributed by atoms with Crippen LogP contribution in [0.3, 0.4) is 0 Å². The van der Waals surface area contributed by atoms with E-state index in [2.05, 4.69) is 0 Å². The Bertz CT molecular complexity index is 518. The molecule has 1 aliphatic heterocycles. The first-order valence-electron chi connectivity index (χ1n) is 6.17.